The highest BCUT2D eigenvalue weighted by Gasteiger charge is 2.29. The monoisotopic (exact) mass is 198 g/mol. The average molecular weight is 198 g/mol. The molecule has 4 heteroatoms. The fraction of sp³-hybridized carbons (Fsp3) is 0.900. The molecule has 0 aromatic heterocycles. The van der Waals surface area contributed by atoms with E-state index in [2.05, 4.69) is 10.6 Å². The number of hydrogen-bond donors (Lipinski definition) is 2. The third kappa shape index (κ3) is 2.69. The molecule has 2 rings (SSSR count). The smallest absolute Gasteiger partial charge is 0.234 e. The van der Waals surface area contributed by atoms with Crippen LogP contribution >= 0.6 is 0 Å². The number of nitrogens with one attached hydrogen (secondary N) is 2. The summed E-state index contributed by atoms with van der Waals surface area (Å²) in [6, 6.07) is 0.947. The Kier molecular flexibility index (Phi) is 3.03. The summed E-state index contributed by atoms with van der Waals surface area (Å²) in [6.07, 6.45) is 4.78. The molecule has 14 heavy (non-hydrogen) atoms. The maximum atomic E-state index is 11.3. The number of ether oxygens (including phenoxy) is 1. The van der Waals surface area contributed by atoms with Gasteiger partial charge in [-0.15, -0.1) is 0 Å². The molecule has 0 unspecified atom stereocenters. The van der Waals surface area contributed by atoms with Crippen LogP contribution in [0.4, 0.5) is 0 Å². The summed E-state index contributed by atoms with van der Waals surface area (Å²) in [4.78, 5) is 11.3. The molecule has 2 aliphatic rings. The van der Waals surface area contributed by atoms with Crippen molar-refractivity contribution in [2.24, 2.45) is 0 Å². The first-order chi connectivity index (χ1) is 6.78. The van der Waals surface area contributed by atoms with Crippen molar-refractivity contribution in [1.29, 1.82) is 0 Å². The Morgan fingerprint density at radius 2 is 2.07 bits per heavy atom. The third-order valence-corrected chi connectivity index (χ3v) is 2.92. The molecule has 0 atom stereocenters. The van der Waals surface area contributed by atoms with E-state index in [1.807, 2.05) is 0 Å². The van der Waals surface area contributed by atoms with Gasteiger partial charge in [0.05, 0.1) is 12.6 Å². The van der Waals surface area contributed by atoms with Gasteiger partial charge in [0.15, 0.2) is 0 Å². The molecule has 2 N–H and O–H groups in total. The van der Waals surface area contributed by atoms with E-state index in [1.165, 1.54) is 0 Å². The SMILES string of the molecule is COC1CC(NCC(=O)NC2CC2)C1. The summed E-state index contributed by atoms with van der Waals surface area (Å²) in [5.74, 6) is 0.133. The zero-order chi connectivity index (χ0) is 9.97. The molecular weight excluding hydrogens is 180 g/mol. The van der Waals surface area contributed by atoms with E-state index in [4.69, 9.17) is 4.74 Å². The van der Waals surface area contributed by atoms with Crippen LogP contribution in [0.1, 0.15) is 25.7 Å². The largest absolute Gasteiger partial charge is 0.381 e. The zero-order valence-electron chi connectivity index (χ0n) is 8.58. The number of carbonyl (C=O) groups excluding carboxylic acids is 1. The Labute approximate surface area is 84.4 Å². The summed E-state index contributed by atoms with van der Waals surface area (Å²) in [6.45, 7) is 0.456. The van der Waals surface area contributed by atoms with Crippen molar-refractivity contribution >= 4 is 5.91 Å². The minimum atomic E-state index is 0.133. The molecular formula is C10H18N2O2. The lowest BCUT2D eigenvalue weighted by Gasteiger charge is -2.34. The summed E-state index contributed by atoms with van der Waals surface area (Å²) in [5.41, 5.74) is 0. The van der Waals surface area contributed by atoms with Gasteiger partial charge in [-0.25, -0.2) is 0 Å². The quantitative estimate of drug-likeness (QED) is 0.655. The number of carbonyl (C=O) groups is 1. The minimum absolute atomic E-state index is 0.133. The Morgan fingerprint density at radius 1 is 1.36 bits per heavy atom. The van der Waals surface area contributed by atoms with Crippen molar-refractivity contribution < 1.29 is 9.53 Å². The van der Waals surface area contributed by atoms with Crippen LogP contribution in [-0.2, 0) is 9.53 Å². The van der Waals surface area contributed by atoms with Gasteiger partial charge in [0.25, 0.3) is 0 Å². The zero-order valence-corrected chi connectivity index (χ0v) is 8.58. The number of methoxy groups -OCH3 is 1. The Hall–Kier alpha value is -0.610. The van der Waals surface area contributed by atoms with Crippen LogP contribution in [-0.4, -0.2) is 37.7 Å². The lowest BCUT2D eigenvalue weighted by atomic mass is 9.89. The van der Waals surface area contributed by atoms with E-state index in [-0.39, 0.29) is 5.91 Å². The van der Waals surface area contributed by atoms with E-state index in [0.717, 1.165) is 25.7 Å². The molecule has 0 spiro atoms. The summed E-state index contributed by atoms with van der Waals surface area (Å²) < 4.78 is 5.16. The Bertz CT molecular complexity index is 210. The third-order valence-electron chi connectivity index (χ3n) is 2.92. The molecule has 1 amide bonds. The van der Waals surface area contributed by atoms with E-state index in [0.29, 0.717) is 24.7 Å². The highest BCUT2D eigenvalue weighted by molar-refractivity contribution is 5.78. The van der Waals surface area contributed by atoms with Gasteiger partial charge in [-0.2, -0.15) is 0 Å². The van der Waals surface area contributed by atoms with Crippen molar-refractivity contribution in [3.63, 3.8) is 0 Å². The molecule has 2 aliphatic carbocycles. The van der Waals surface area contributed by atoms with E-state index in [9.17, 15) is 4.79 Å². The maximum Gasteiger partial charge on any atom is 0.234 e. The molecule has 2 fully saturated rings. The van der Waals surface area contributed by atoms with Crippen molar-refractivity contribution in [3.8, 4) is 0 Å². The molecule has 0 heterocycles. The van der Waals surface area contributed by atoms with E-state index in [1.54, 1.807) is 7.11 Å². The maximum absolute atomic E-state index is 11.3. The van der Waals surface area contributed by atoms with Gasteiger partial charge in [0, 0.05) is 19.2 Å². The molecule has 2 saturated carbocycles. The number of hydrogen-bond acceptors (Lipinski definition) is 3. The summed E-state index contributed by atoms with van der Waals surface area (Å²) in [5, 5.41) is 6.17. The van der Waals surface area contributed by atoms with Gasteiger partial charge >= 0.3 is 0 Å². The lowest BCUT2D eigenvalue weighted by molar-refractivity contribution is -0.120. The molecule has 4 nitrogen and oxygen atoms in total. The van der Waals surface area contributed by atoms with Gasteiger partial charge in [-0.3, -0.25) is 4.79 Å². The van der Waals surface area contributed by atoms with Crippen molar-refractivity contribution in [3.05, 3.63) is 0 Å². The molecule has 0 aromatic carbocycles. The minimum Gasteiger partial charge on any atom is -0.381 e. The molecule has 0 radical (unpaired) electrons. The molecule has 0 bridgehead atoms. The van der Waals surface area contributed by atoms with Crippen LogP contribution in [0.5, 0.6) is 0 Å². The Morgan fingerprint density at radius 3 is 2.64 bits per heavy atom. The predicted octanol–water partition coefficient (Wildman–Crippen LogP) is 0.0320. The standard InChI is InChI=1S/C10H18N2O2/c1-14-9-4-8(5-9)11-6-10(13)12-7-2-3-7/h7-9,11H,2-6H2,1H3,(H,12,13). The molecule has 0 aliphatic heterocycles. The van der Waals surface area contributed by atoms with Crippen LogP contribution in [0, 0.1) is 0 Å². The number of amides is 1. The summed E-state index contributed by atoms with van der Waals surface area (Å²) in [7, 11) is 1.74. The van der Waals surface area contributed by atoms with Crippen LogP contribution in [0.15, 0.2) is 0 Å². The van der Waals surface area contributed by atoms with E-state index < -0.39 is 0 Å². The fourth-order valence-corrected chi connectivity index (χ4v) is 1.67. The molecule has 0 saturated heterocycles. The highest BCUT2D eigenvalue weighted by Crippen LogP contribution is 2.22. The van der Waals surface area contributed by atoms with Crippen LogP contribution < -0.4 is 10.6 Å². The van der Waals surface area contributed by atoms with Crippen molar-refractivity contribution in [2.45, 2.75) is 43.9 Å². The van der Waals surface area contributed by atoms with Gasteiger partial charge in [0.1, 0.15) is 0 Å². The van der Waals surface area contributed by atoms with Crippen LogP contribution in [0.2, 0.25) is 0 Å². The topological polar surface area (TPSA) is 50.4 Å². The van der Waals surface area contributed by atoms with Gasteiger partial charge in [0.2, 0.25) is 5.91 Å². The fourth-order valence-electron chi connectivity index (χ4n) is 1.67. The van der Waals surface area contributed by atoms with Gasteiger partial charge in [-0.1, -0.05) is 0 Å². The van der Waals surface area contributed by atoms with Gasteiger partial charge < -0.3 is 15.4 Å². The second kappa shape index (κ2) is 4.28. The second-order valence-electron chi connectivity index (χ2n) is 4.25. The van der Waals surface area contributed by atoms with Crippen molar-refractivity contribution in [1.82, 2.24) is 10.6 Å². The number of rotatable bonds is 5. The molecule has 80 valence electrons. The van der Waals surface area contributed by atoms with Crippen LogP contribution in [0.25, 0.3) is 0 Å². The van der Waals surface area contributed by atoms with Gasteiger partial charge in [-0.05, 0) is 25.7 Å². The van der Waals surface area contributed by atoms with E-state index >= 15 is 0 Å². The first kappa shape index (κ1) is 9.93. The van der Waals surface area contributed by atoms with Crippen LogP contribution in [0.3, 0.4) is 0 Å². The highest BCUT2D eigenvalue weighted by atomic mass is 16.5. The lowest BCUT2D eigenvalue weighted by Crippen LogP contribution is -2.48. The first-order valence-corrected chi connectivity index (χ1v) is 5.33. The predicted molar refractivity (Wildman–Crippen MR) is 53.0 cm³/mol. The molecule has 0 aromatic rings. The summed E-state index contributed by atoms with van der Waals surface area (Å²) >= 11 is 0. The Balaban J connectivity index is 1.52. The normalized spacial score (nSPS) is 30.9. The average Bonchev–Trinajstić information content (AvgIpc) is 2.86. The second-order valence-corrected chi connectivity index (χ2v) is 4.25. The first-order valence-electron chi connectivity index (χ1n) is 5.33. The van der Waals surface area contributed by atoms with Crippen molar-refractivity contribution in [2.75, 3.05) is 13.7 Å².